The van der Waals surface area contributed by atoms with Crippen LogP contribution >= 0.6 is 11.3 Å². The summed E-state index contributed by atoms with van der Waals surface area (Å²) >= 11 is 1.12. The predicted molar refractivity (Wildman–Crippen MR) is 68.5 cm³/mol. The van der Waals surface area contributed by atoms with E-state index < -0.39 is 10.0 Å². The normalized spacial score (nSPS) is 11.4. The number of nitrogens with zero attached hydrogens (tertiary/aromatic N) is 1. The lowest BCUT2D eigenvalue weighted by Gasteiger charge is -2.07. The Labute approximate surface area is 103 Å². The topological polar surface area (TPSA) is 85.1 Å². The van der Waals surface area contributed by atoms with E-state index in [-0.39, 0.29) is 4.21 Å². The Morgan fingerprint density at radius 2 is 2.06 bits per heavy atom. The molecule has 0 bridgehead atoms. The highest BCUT2D eigenvalue weighted by molar-refractivity contribution is 7.94. The summed E-state index contributed by atoms with van der Waals surface area (Å²) in [5.41, 5.74) is 6.43. The minimum Gasteiger partial charge on any atom is -0.397 e. The highest BCUT2D eigenvalue weighted by Crippen LogP contribution is 2.24. The number of sulfonamides is 1. The number of anilines is 2. The molecule has 0 radical (unpaired) electrons. The van der Waals surface area contributed by atoms with Crippen LogP contribution in [0.4, 0.5) is 11.4 Å². The molecule has 0 aliphatic rings. The molecule has 3 N–H and O–H groups in total. The fraction of sp³-hybridized carbons (Fsp3) is 0.100. The van der Waals surface area contributed by atoms with Gasteiger partial charge in [-0.05, 0) is 19.1 Å². The number of nitrogens with one attached hydrogen (secondary N) is 1. The van der Waals surface area contributed by atoms with Gasteiger partial charge < -0.3 is 5.73 Å². The van der Waals surface area contributed by atoms with E-state index in [1.54, 1.807) is 31.2 Å². The van der Waals surface area contributed by atoms with Crippen molar-refractivity contribution in [2.24, 2.45) is 0 Å². The first-order valence-corrected chi connectivity index (χ1v) is 7.09. The molecule has 0 atom stereocenters. The molecule has 1 aromatic heterocycles. The average Bonchev–Trinajstić information content (AvgIpc) is 2.69. The molecule has 0 amide bonds. The summed E-state index contributed by atoms with van der Waals surface area (Å²) in [5.74, 6) is 0. The SMILES string of the molecule is Cc1ncc(S(=O)(=O)Nc2ccccc2N)s1. The van der Waals surface area contributed by atoms with Gasteiger partial charge in [-0.25, -0.2) is 13.4 Å². The van der Waals surface area contributed by atoms with Crippen molar-refractivity contribution in [2.45, 2.75) is 11.1 Å². The van der Waals surface area contributed by atoms with Gasteiger partial charge in [-0.2, -0.15) is 0 Å². The molecule has 2 aromatic rings. The highest BCUT2D eigenvalue weighted by atomic mass is 32.2. The van der Waals surface area contributed by atoms with Gasteiger partial charge in [0, 0.05) is 0 Å². The maximum absolute atomic E-state index is 12.0. The molecular formula is C10H11N3O2S2. The first-order valence-electron chi connectivity index (χ1n) is 4.79. The second-order valence-corrected chi connectivity index (χ2v) is 6.54. The molecule has 90 valence electrons. The molecule has 1 heterocycles. The van der Waals surface area contributed by atoms with Gasteiger partial charge in [-0.3, -0.25) is 4.72 Å². The second kappa shape index (κ2) is 4.34. The van der Waals surface area contributed by atoms with E-state index in [4.69, 9.17) is 5.73 Å². The smallest absolute Gasteiger partial charge is 0.273 e. The molecule has 7 heteroatoms. The van der Waals surface area contributed by atoms with Gasteiger partial charge in [0.05, 0.1) is 22.6 Å². The quantitative estimate of drug-likeness (QED) is 0.832. The molecule has 0 fully saturated rings. The molecule has 1 aromatic carbocycles. The largest absolute Gasteiger partial charge is 0.397 e. The summed E-state index contributed by atoms with van der Waals surface area (Å²) in [5, 5.41) is 0.700. The number of nitrogen functional groups attached to an aromatic ring is 1. The Hall–Kier alpha value is -1.60. The Morgan fingerprint density at radius 1 is 1.35 bits per heavy atom. The standard InChI is InChI=1S/C10H11N3O2S2/c1-7-12-6-10(16-7)17(14,15)13-9-5-3-2-4-8(9)11/h2-6,13H,11H2,1H3. The van der Waals surface area contributed by atoms with Gasteiger partial charge in [-0.15, -0.1) is 11.3 Å². The third kappa shape index (κ3) is 2.56. The number of benzene rings is 1. The molecule has 0 spiro atoms. The maximum atomic E-state index is 12.0. The van der Waals surface area contributed by atoms with E-state index in [0.717, 1.165) is 11.3 Å². The van der Waals surface area contributed by atoms with Crippen molar-refractivity contribution in [3.8, 4) is 0 Å². The Bertz CT molecular complexity index is 635. The zero-order chi connectivity index (χ0) is 12.5. The lowest BCUT2D eigenvalue weighted by atomic mass is 10.3. The molecule has 0 aliphatic heterocycles. The van der Waals surface area contributed by atoms with Gasteiger partial charge >= 0.3 is 0 Å². The van der Waals surface area contributed by atoms with Crippen molar-refractivity contribution in [3.63, 3.8) is 0 Å². The number of aryl methyl sites for hydroxylation is 1. The number of para-hydroxylation sites is 2. The third-order valence-corrected chi connectivity index (χ3v) is 4.81. The second-order valence-electron chi connectivity index (χ2n) is 3.39. The van der Waals surface area contributed by atoms with E-state index in [1.165, 1.54) is 6.20 Å². The molecule has 5 nitrogen and oxygen atoms in total. The zero-order valence-corrected chi connectivity index (χ0v) is 10.7. The number of aromatic nitrogens is 1. The fourth-order valence-corrected chi connectivity index (χ4v) is 3.45. The fourth-order valence-electron chi connectivity index (χ4n) is 1.25. The summed E-state index contributed by atoms with van der Waals surface area (Å²) in [6.45, 7) is 1.75. The van der Waals surface area contributed by atoms with Crippen molar-refractivity contribution in [3.05, 3.63) is 35.5 Å². The average molecular weight is 269 g/mol. The van der Waals surface area contributed by atoms with E-state index in [9.17, 15) is 8.42 Å². The van der Waals surface area contributed by atoms with Crippen molar-refractivity contribution in [1.82, 2.24) is 4.98 Å². The zero-order valence-electron chi connectivity index (χ0n) is 9.04. The van der Waals surface area contributed by atoms with Crippen LogP contribution in [-0.4, -0.2) is 13.4 Å². The lowest BCUT2D eigenvalue weighted by Crippen LogP contribution is -2.12. The Morgan fingerprint density at radius 3 is 2.65 bits per heavy atom. The number of rotatable bonds is 3. The first kappa shape index (κ1) is 11.9. The monoisotopic (exact) mass is 269 g/mol. The highest BCUT2D eigenvalue weighted by Gasteiger charge is 2.17. The van der Waals surface area contributed by atoms with Crippen LogP contribution in [0.1, 0.15) is 5.01 Å². The van der Waals surface area contributed by atoms with Crippen LogP contribution in [-0.2, 0) is 10.0 Å². The molecule has 0 unspecified atom stereocenters. The van der Waals surface area contributed by atoms with Crippen LogP contribution in [0.5, 0.6) is 0 Å². The van der Waals surface area contributed by atoms with Crippen molar-refractivity contribution >= 4 is 32.7 Å². The minimum atomic E-state index is -3.59. The summed E-state index contributed by atoms with van der Waals surface area (Å²) in [6.07, 6.45) is 1.33. The van der Waals surface area contributed by atoms with Gasteiger partial charge in [-0.1, -0.05) is 12.1 Å². The van der Waals surface area contributed by atoms with Crippen LogP contribution in [0, 0.1) is 6.92 Å². The van der Waals surface area contributed by atoms with Crippen LogP contribution < -0.4 is 10.5 Å². The van der Waals surface area contributed by atoms with Crippen LogP contribution in [0.3, 0.4) is 0 Å². The van der Waals surface area contributed by atoms with Crippen LogP contribution in [0.25, 0.3) is 0 Å². The van der Waals surface area contributed by atoms with Crippen molar-refractivity contribution in [1.29, 1.82) is 0 Å². The summed E-state index contributed by atoms with van der Waals surface area (Å²) in [4.78, 5) is 3.92. The van der Waals surface area contributed by atoms with E-state index in [1.807, 2.05) is 0 Å². The van der Waals surface area contributed by atoms with E-state index in [2.05, 4.69) is 9.71 Å². The third-order valence-electron chi connectivity index (χ3n) is 2.07. The minimum absolute atomic E-state index is 0.179. The maximum Gasteiger partial charge on any atom is 0.273 e. The Balaban J connectivity index is 2.33. The predicted octanol–water partition coefficient (Wildman–Crippen LogP) is 1.83. The summed E-state index contributed by atoms with van der Waals surface area (Å²) < 4.78 is 26.6. The van der Waals surface area contributed by atoms with E-state index >= 15 is 0 Å². The molecule has 2 rings (SSSR count). The first-order chi connectivity index (χ1) is 7.99. The van der Waals surface area contributed by atoms with Crippen LogP contribution in [0.2, 0.25) is 0 Å². The number of hydrogen-bond donors (Lipinski definition) is 2. The number of nitrogens with two attached hydrogens (primary N) is 1. The number of hydrogen-bond acceptors (Lipinski definition) is 5. The van der Waals surface area contributed by atoms with Gasteiger partial charge in [0.25, 0.3) is 10.0 Å². The summed E-state index contributed by atoms with van der Waals surface area (Å²) in [7, 11) is -3.59. The van der Waals surface area contributed by atoms with Crippen molar-refractivity contribution < 1.29 is 8.42 Å². The molecule has 17 heavy (non-hydrogen) atoms. The van der Waals surface area contributed by atoms with E-state index in [0.29, 0.717) is 16.4 Å². The summed E-state index contributed by atoms with van der Waals surface area (Å²) in [6, 6.07) is 6.70. The Kier molecular flexibility index (Phi) is 3.03. The molecule has 0 saturated heterocycles. The van der Waals surface area contributed by atoms with Gasteiger partial charge in [0.1, 0.15) is 0 Å². The molecule has 0 saturated carbocycles. The molecule has 0 aliphatic carbocycles. The van der Waals surface area contributed by atoms with Crippen LogP contribution in [0.15, 0.2) is 34.7 Å². The number of thiazole rings is 1. The lowest BCUT2D eigenvalue weighted by molar-refractivity contribution is 0.603. The van der Waals surface area contributed by atoms with Crippen molar-refractivity contribution in [2.75, 3.05) is 10.5 Å². The van der Waals surface area contributed by atoms with Gasteiger partial charge in [0.15, 0.2) is 4.21 Å². The van der Waals surface area contributed by atoms with Gasteiger partial charge in [0.2, 0.25) is 0 Å². The molecular weight excluding hydrogens is 258 g/mol.